The van der Waals surface area contributed by atoms with Crippen molar-refractivity contribution in [3.8, 4) is 0 Å². The van der Waals surface area contributed by atoms with Gasteiger partial charge in [0.05, 0.1) is 5.69 Å². The molecule has 1 N–H and O–H groups in total. The molecule has 0 aliphatic heterocycles. The molecule has 0 amide bonds. The molecular weight excluding hydrogens is 224 g/mol. The summed E-state index contributed by atoms with van der Waals surface area (Å²) in [5, 5.41) is 7.88. The predicted molar refractivity (Wildman–Crippen MR) is 72.2 cm³/mol. The Balaban J connectivity index is 1.99. The molecule has 18 heavy (non-hydrogen) atoms. The van der Waals surface area contributed by atoms with Gasteiger partial charge in [0.1, 0.15) is 0 Å². The number of nitrogens with one attached hydrogen (secondary N) is 1. The summed E-state index contributed by atoms with van der Waals surface area (Å²) in [7, 11) is 1.98. The van der Waals surface area contributed by atoms with E-state index in [0.717, 1.165) is 18.8 Å². The van der Waals surface area contributed by atoms with E-state index in [0.29, 0.717) is 0 Å². The van der Waals surface area contributed by atoms with Crippen LogP contribution in [0.15, 0.2) is 18.5 Å². The quantitative estimate of drug-likeness (QED) is 0.895. The Hall–Kier alpha value is -1.68. The fraction of sp³-hybridized carbons (Fsp3) is 0.429. The molecule has 2 heterocycles. The van der Waals surface area contributed by atoms with Crippen molar-refractivity contribution in [3.05, 3.63) is 46.5 Å². The van der Waals surface area contributed by atoms with Crippen molar-refractivity contribution in [2.24, 2.45) is 7.05 Å². The van der Waals surface area contributed by atoms with Crippen molar-refractivity contribution in [1.82, 2.24) is 20.1 Å². The van der Waals surface area contributed by atoms with Crippen LogP contribution in [0.25, 0.3) is 0 Å². The molecule has 0 saturated heterocycles. The SMILES string of the molecule is Cc1ccncc1CNCc1c(C)nn(C)c1C. The summed E-state index contributed by atoms with van der Waals surface area (Å²) in [6, 6.07) is 2.04. The Kier molecular flexibility index (Phi) is 3.77. The maximum Gasteiger partial charge on any atom is 0.0641 e. The van der Waals surface area contributed by atoms with Crippen LogP contribution in [0.2, 0.25) is 0 Å². The van der Waals surface area contributed by atoms with Crippen LogP contribution < -0.4 is 5.32 Å². The van der Waals surface area contributed by atoms with Crippen LogP contribution in [0.3, 0.4) is 0 Å². The lowest BCUT2D eigenvalue weighted by molar-refractivity contribution is 0.680. The zero-order chi connectivity index (χ0) is 13.1. The third-order valence-corrected chi connectivity index (χ3v) is 3.42. The van der Waals surface area contributed by atoms with Gasteiger partial charge in [-0.15, -0.1) is 0 Å². The Morgan fingerprint density at radius 1 is 1.22 bits per heavy atom. The van der Waals surface area contributed by atoms with Crippen LogP contribution in [-0.2, 0) is 20.1 Å². The zero-order valence-corrected chi connectivity index (χ0v) is 11.5. The second kappa shape index (κ2) is 5.31. The summed E-state index contributed by atoms with van der Waals surface area (Å²) in [4.78, 5) is 4.15. The standard InChI is InChI=1S/C14H20N4/c1-10-5-6-15-7-13(10)8-16-9-14-11(2)17-18(4)12(14)3/h5-7,16H,8-9H2,1-4H3. The van der Waals surface area contributed by atoms with Gasteiger partial charge >= 0.3 is 0 Å². The minimum Gasteiger partial charge on any atom is -0.308 e. The second-order valence-corrected chi connectivity index (χ2v) is 4.68. The van der Waals surface area contributed by atoms with Crippen LogP contribution >= 0.6 is 0 Å². The number of aryl methyl sites for hydroxylation is 3. The number of pyridine rings is 1. The lowest BCUT2D eigenvalue weighted by atomic mass is 10.1. The molecule has 2 aromatic rings. The highest BCUT2D eigenvalue weighted by atomic mass is 15.3. The first-order valence-corrected chi connectivity index (χ1v) is 6.19. The number of aromatic nitrogens is 3. The van der Waals surface area contributed by atoms with Gasteiger partial charge in [-0.25, -0.2) is 0 Å². The third kappa shape index (κ3) is 2.59. The summed E-state index contributed by atoms with van der Waals surface area (Å²) in [6.07, 6.45) is 3.75. The van der Waals surface area contributed by atoms with Gasteiger partial charge in [-0.2, -0.15) is 5.10 Å². The molecule has 4 heteroatoms. The van der Waals surface area contributed by atoms with Crippen LogP contribution in [0.5, 0.6) is 0 Å². The molecule has 0 aromatic carbocycles. The van der Waals surface area contributed by atoms with Crippen molar-refractivity contribution in [1.29, 1.82) is 0 Å². The van der Waals surface area contributed by atoms with Crippen LogP contribution in [-0.4, -0.2) is 14.8 Å². The minimum absolute atomic E-state index is 0.841. The highest BCUT2D eigenvalue weighted by molar-refractivity contribution is 5.25. The zero-order valence-electron chi connectivity index (χ0n) is 11.5. The van der Waals surface area contributed by atoms with Gasteiger partial charge in [0.15, 0.2) is 0 Å². The first-order valence-electron chi connectivity index (χ1n) is 6.19. The molecule has 2 aromatic heterocycles. The second-order valence-electron chi connectivity index (χ2n) is 4.68. The number of nitrogens with zero attached hydrogens (tertiary/aromatic N) is 3. The van der Waals surface area contributed by atoms with E-state index < -0.39 is 0 Å². The van der Waals surface area contributed by atoms with E-state index in [1.54, 1.807) is 0 Å². The maximum atomic E-state index is 4.42. The van der Waals surface area contributed by atoms with Crippen LogP contribution in [0.4, 0.5) is 0 Å². The monoisotopic (exact) mass is 244 g/mol. The van der Waals surface area contributed by atoms with E-state index in [2.05, 4.69) is 36.2 Å². The predicted octanol–water partition coefficient (Wildman–Crippen LogP) is 2.03. The molecular formula is C14H20N4. The lowest BCUT2D eigenvalue weighted by Crippen LogP contribution is -2.14. The molecule has 0 atom stereocenters. The summed E-state index contributed by atoms with van der Waals surface area (Å²) >= 11 is 0. The average Bonchev–Trinajstić information content (AvgIpc) is 2.58. The van der Waals surface area contributed by atoms with Crippen molar-refractivity contribution >= 4 is 0 Å². The molecule has 0 radical (unpaired) electrons. The molecule has 0 aliphatic rings. The van der Waals surface area contributed by atoms with Crippen molar-refractivity contribution in [2.75, 3.05) is 0 Å². The van der Waals surface area contributed by atoms with E-state index >= 15 is 0 Å². The minimum atomic E-state index is 0.841. The van der Waals surface area contributed by atoms with Gasteiger partial charge in [0.2, 0.25) is 0 Å². The van der Waals surface area contributed by atoms with Gasteiger partial charge in [-0.1, -0.05) is 0 Å². The van der Waals surface area contributed by atoms with E-state index in [1.165, 1.54) is 22.4 Å². The van der Waals surface area contributed by atoms with Gasteiger partial charge in [-0.05, 0) is 38.0 Å². The van der Waals surface area contributed by atoms with E-state index in [9.17, 15) is 0 Å². The molecule has 0 fully saturated rings. The Morgan fingerprint density at radius 2 is 2.00 bits per heavy atom. The molecule has 0 bridgehead atoms. The normalized spacial score (nSPS) is 10.9. The van der Waals surface area contributed by atoms with Gasteiger partial charge in [-0.3, -0.25) is 9.67 Å². The van der Waals surface area contributed by atoms with E-state index in [4.69, 9.17) is 0 Å². The first kappa shape index (κ1) is 12.8. The van der Waals surface area contributed by atoms with Crippen LogP contribution in [0, 0.1) is 20.8 Å². The topological polar surface area (TPSA) is 42.7 Å². The number of hydrogen-bond donors (Lipinski definition) is 1. The lowest BCUT2D eigenvalue weighted by Gasteiger charge is -2.07. The molecule has 4 nitrogen and oxygen atoms in total. The smallest absolute Gasteiger partial charge is 0.0641 e. The summed E-state index contributed by atoms with van der Waals surface area (Å²) < 4.78 is 1.93. The largest absolute Gasteiger partial charge is 0.308 e. The highest BCUT2D eigenvalue weighted by Crippen LogP contribution is 2.12. The van der Waals surface area contributed by atoms with Crippen molar-refractivity contribution < 1.29 is 0 Å². The number of rotatable bonds is 4. The van der Waals surface area contributed by atoms with Gasteiger partial charge in [0, 0.05) is 43.8 Å². The first-order chi connectivity index (χ1) is 8.59. The molecule has 0 unspecified atom stereocenters. The van der Waals surface area contributed by atoms with Gasteiger partial charge in [0.25, 0.3) is 0 Å². The summed E-state index contributed by atoms with van der Waals surface area (Å²) in [5.41, 5.74) is 6.14. The molecule has 0 saturated carbocycles. The van der Waals surface area contributed by atoms with Crippen molar-refractivity contribution in [3.63, 3.8) is 0 Å². The maximum absolute atomic E-state index is 4.42. The fourth-order valence-electron chi connectivity index (χ4n) is 2.08. The third-order valence-electron chi connectivity index (χ3n) is 3.42. The highest BCUT2D eigenvalue weighted by Gasteiger charge is 2.08. The van der Waals surface area contributed by atoms with Gasteiger partial charge < -0.3 is 5.32 Å². The summed E-state index contributed by atoms with van der Waals surface area (Å²) in [5.74, 6) is 0. The fourth-order valence-corrected chi connectivity index (χ4v) is 2.08. The molecule has 0 aliphatic carbocycles. The Labute approximate surface area is 108 Å². The molecule has 0 spiro atoms. The number of hydrogen-bond acceptors (Lipinski definition) is 3. The van der Waals surface area contributed by atoms with Crippen LogP contribution in [0.1, 0.15) is 28.1 Å². The molecule has 2 rings (SSSR count). The Bertz CT molecular complexity index is 543. The summed E-state index contributed by atoms with van der Waals surface area (Å²) in [6.45, 7) is 7.96. The Morgan fingerprint density at radius 3 is 2.61 bits per heavy atom. The van der Waals surface area contributed by atoms with E-state index in [1.807, 2.05) is 30.2 Å². The average molecular weight is 244 g/mol. The van der Waals surface area contributed by atoms with E-state index in [-0.39, 0.29) is 0 Å². The molecule has 96 valence electrons. The van der Waals surface area contributed by atoms with Crippen molar-refractivity contribution in [2.45, 2.75) is 33.9 Å².